The Hall–Kier alpha value is -1.58. The maximum atomic E-state index is 6.00. The summed E-state index contributed by atoms with van der Waals surface area (Å²) in [5.74, 6) is 0.914. The van der Waals surface area contributed by atoms with Crippen LogP contribution < -0.4 is 10.6 Å². The summed E-state index contributed by atoms with van der Waals surface area (Å²) in [4.78, 5) is 6.52. The van der Waals surface area contributed by atoms with Crippen molar-refractivity contribution in [3.63, 3.8) is 0 Å². The molecule has 1 aromatic heterocycles. The van der Waals surface area contributed by atoms with Gasteiger partial charge in [0.1, 0.15) is 5.82 Å². The highest BCUT2D eigenvalue weighted by atomic mass is 35.5. The summed E-state index contributed by atoms with van der Waals surface area (Å²) in [6, 6.07) is 11.7. The summed E-state index contributed by atoms with van der Waals surface area (Å²) >= 11 is 6.00. The van der Waals surface area contributed by atoms with Crippen LogP contribution in [0.3, 0.4) is 0 Å². The predicted octanol–water partition coefficient (Wildman–Crippen LogP) is 3.39. The van der Waals surface area contributed by atoms with E-state index in [1.54, 1.807) is 6.20 Å². The van der Waals surface area contributed by atoms with E-state index in [-0.39, 0.29) is 6.04 Å². The van der Waals surface area contributed by atoms with Crippen LogP contribution in [-0.4, -0.2) is 12.0 Å². The maximum Gasteiger partial charge on any atom is 0.133 e. The molecule has 2 rings (SSSR count). The van der Waals surface area contributed by atoms with Gasteiger partial charge in [0.2, 0.25) is 0 Å². The van der Waals surface area contributed by atoms with Crippen molar-refractivity contribution in [3.05, 3.63) is 58.7 Å². The minimum absolute atomic E-state index is 0.0366. The Morgan fingerprint density at radius 1 is 1.32 bits per heavy atom. The Morgan fingerprint density at radius 3 is 2.79 bits per heavy atom. The number of rotatable bonds is 4. The second kappa shape index (κ2) is 6.04. The van der Waals surface area contributed by atoms with Gasteiger partial charge in [0, 0.05) is 36.4 Å². The molecule has 0 saturated heterocycles. The van der Waals surface area contributed by atoms with Gasteiger partial charge in [-0.3, -0.25) is 0 Å². The molecule has 2 aromatic rings. The van der Waals surface area contributed by atoms with Crippen molar-refractivity contribution < 1.29 is 0 Å². The van der Waals surface area contributed by atoms with Crippen LogP contribution in [0.15, 0.2) is 42.6 Å². The SMILES string of the molecule is CC(N)c1cccnc1N(C)Cc1cccc(Cl)c1. The number of nitrogens with zero attached hydrogens (tertiary/aromatic N) is 2. The molecule has 0 aliphatic heterocycles. The molecule has 1 atom stereocenters. The molecule has 3 nitrogen and oxygen atoms in total. The molecule has 0 bridgehead atoms. The van der Waals surface area contributed by atoms with Gasteiger partial charge in [-0.25, -0.2) is 4.98 Å². The van der Waals surface area contributed by atoms with E-state index < -0.39 is 0 Å². The van der Waals surface area contributed by atoms with Gasteiger partial charge in [-0.2, -0.15) is 0 Å². The van der Waals surface area contributed by atoms with Crippen molar-refractivity contribution in [2.45, 2.75) is 19.5 Å². The highest BCUT2D eigenvalue weighted by molar-refractivity contribution is 6.30. The minimum atomic E-state index is -0.0366. The third kappa shape index (κ3) is 3.46. The Morgan fingerprint density at radius 2 is 2.11 bits per heavy atom. The largest absolute Gasteiger partial charge is 0.355 e. The van der Waals surface area contributed by atoms with E-state index in [4.69, 9.17) is 17.3 Å². The van der Waals surface area contributed by atoms with E-state index in [1.807, 2.05) is 44.3 Å². The van der Waals surface area contributed by atoms with Crippen molar-refractivity contribution in [3.8, 4) is 0 Å². The second-order valence-electron chi connectivity index (χ2n) is 4.69. The van der Waals surface area contributed by atoms with Crippen LogP contribution in [0.4, 0.5) is 5.82 Å². The first-order valence-electron chi connectivity index (χ1n) is 6.24. The number of pyridine rings is 1. The van der Waals surface area contributed by atoms with Crippen LogP contribution in [0.5, 0.6) is 0 Å². The van der Waals surface area contributed by atoms with E-state index in [0.717, 1.165) is 28.5 Å². The number of nitrogens with two attached hydrogens (primary N) is 1. The molecule has 1 heterocycles. The lowest BCUT2D eigenvalue weighted by atomic mass is 10.1. The molecular formula is C15H18ClN3. The van der Waals surface area contributed by atoms with Gasteiger partial charge in [-0.05, 0) is 30.7 Å². The van der Waals surface area contributed by atoms with Crippen LogP contribution in [-0.2, 0) is 6.54 Å². The number of aromatic nitrogens is 1. The van der Waals surface area contributed by atoms with Gasteiger partial charge in [0.05, 0.1) is 0 Å². The van der Waals surface area contributed by atoms with E-state index in [9.17, 15) is 0 Å². The summed E-state index contributed by atoms with van der Waals surface area (Å²) in [5, 5.41) is 0.749. The molecule has 0 fully saturated rings. The zero-order valence-corrected chi connectivity index (χ0v) is 11.9. The van der Waals surface area contributed by atoms with E-state index in [2.05, 4.69) is 16.0 Å². The molecule has 0 aliphatic rings. The average Bonchev–Trinajstić information content (AvgIpc) is 2.38. The standard InChI is InChI=1S/C15H18ClN3/c1-11(17)14-7-4-8-18-15(14)19(2)10-12-5-3-6-13(16)9-12/h3-9,11H,10,17H2,1-2H3. The molecule has 19 heavy (non-hydrogen) atoms. The normalized spacial score (nSPS) is 12.2. The minimum Gasteiger partial charge on any atom is -0.355 e. The fourth-order valence-corrected chi connectivity index (χ4v) is 2.28. The fourth-order valence-electron chi connectivity index (χ4n) is 2.07. The molecule has 0 spiro atoms. The topological polar surface area (TPSA) is 42.1 Å². The van der Waals surface area contributed by atoms with E-state index in [1.165, 1.54) is 0 Å². The first-order valence-corrected chi connectivity index (χ1v) is 6.62. The van der Waals surface area contributed by atoms with Crippen LogP contribution in [0, 0.1) is 0 Å². The first kappa shape index (κ1) is 13.8. The molecule has 0 aliphatic carbocycles. The molecule has 1 unspecified atom stereocenters. The second-order valence-corrected chi connectivity index (χ2v) is 5.13. The summed E-state index contributed by atoms with van der Waals surface area (Å²) in [6.07, 6.45) is 1.79. The van der Waals surface area contributed by atoms with E-state index >= 15 is 0 Å². The lowest BCUT2D eigenvalue weighted by Gasteiger charge is -2.22. The molecular weight excluding hydrogens is 258 g/mol. The molecule has 2 N–H and O–H groups in total. The molecule has 100 valence electrons. The molecule has 4 heteroatoms. The highest BCUT2D eigenvalue weighted by Crippen LogP contribution is 2.23. The van der Waals surface area contributed by atoms with Crippen molar-refractivity contribution >= 4 is 17.4 Å². The Kier molecular flexibility index (Phi) is 4.40. The zero-order valence-electron chi connectivity index (χ0n) is 11.2. The monoisotopic (exact) mass is 275 g/mol. The molecule has 0 amide bonds. The first-order chi connectivity index (χ1) is 9.08. The highest BCUT2D eigenvalue weighted by Gasteiger charge is 2.12. The van der Waals surface area contributed by atoms with Crippen molar-refractivity contribution in [1.29, 1.82) is 0 Å². The summed E-state index contributed by atoms with van der Waals surface area (Å²) in [6.45, 7) is 2.71. The summed E-state index contributed by atoms with van der Waals surface area (Å²) in [5.41, 5.74) is 8.18. The van der Waals surface area contributed by atoms with Gasteiger partial charge in [-0.1, -0.05) is 29.8 Å². The Bertz CT molecular complexity index is 555. The van der Waals surface area contributed by atoms with Crippen molar-refractivity contribution in [1.82, 2.24) is 4.98 Å². The average molecular weight is 276 g/mol. The van der Waals surface area contributed by atoms with Gasteiger partial charge in [0.15, 0.2) is 0 Å². The van der Waals surface area contributed by atoms with Crippen molar-refractivity contribution in [2.24, 2.45) is 5.73 Å². The van der Waals surface area contributed by atoms with Crippen LogP contribution in [0.25, 0.3) is 0 Å². The predicted molar refractivity (Wildman–Crippen MR) is 80.4 cm³/mol. The fraction of sp³-hybridized carbons (Fsp3) is 0.267. The number of anilines is 1. The smallest absolute Gasteiger partial charge is 0.133 e. The maximum absolute atomic E-state index is 6.00. The lowest BCUT2D eigenvalue weighted by molar-refractivity contribution is 0.788. The number of halogens is 1. The third-order valence-electron chi connectivity index (χ3n) is 2.98. The van der Waals surface area contributed by atoms with Gasteiger partial charge in [0.25, 0.3) is 0 Å². The molecule has 0 saturated carbocycles. The number of benzene rings is 1. The van der Waals surface area contributed by atoms with Gasteiger partial charge >= 0.3 is 0 Å². The van der Waals surface area contributed by atoms with Crippen molar-refractivity contribution in [2.75, 3.05) is 11.9 Å². The van der Waals surface area contributed by atoms with Crippen LogP contribution in [0.2, 0.25) is 5.02 Å². The van der Waals surface area contributed by atoms with E-state index in [0.29, 0.717) is 0 Å². The Labute approximate surface area is 119 Å². The quantitative estimate of drug-likeness (QED) is 0.930. The summed E-state index contributed by atoms with van der Waals surface area (Å²) < 4.78 is 0. The molecule has 1 aromatic carbocycles. The number of hydrogen-bond donors (Lipinski definition) is 1. The molecule has 0 radical (unpaired) electrons. The number of hydrogen-bond acceptors (Lipinski definition) is 3. The van der Waals surface area contributed by atoms with Crippen LogP contribution >= 0.6 is 11.6 Å². The Balaban J connectivity index is 2.23. The zero-order chi connectivity index (χ0) is 13.8. The third-order valence-corrected chi connectivity index (χ3v) is 3.21. The van der Waals surface area contributed by atoms with Gasteiger partial charge in [-0.15, -0.1) is 0 Å². The van der Waals surface area contributed by atoms with Gasteiger partial charge < -0.3 is 10.6 Å². The lowest BCUT2D eigenvalue weighted by Crippen LogP contribution is -2.21. The van der Waals surface area contributed by atoms with Crippen LogP contribution in [0.1, 0.15) is 24.1 Å². The summed E-state index contributed by atoms with van der Waals surface area (Å²) in [7, 11) is 2.01.